The third-order valence-corrected chi connectivity index (χ3v) is 1.87. The van der Waals surface area contributed by atoms with E-state index in [1.807, 2.05) is 0 Å². The highest BCUT2D eigenvalue weighted by Crippen LogP contribution is 1.95. The summed E-state index contributed by atoms with van der Waals surface area (Å²) in [6.45, 7) is 4.46. The quantitative estimate of drug-likeness (QED) is 0.773. The molecule has 0 aliphatic carbocycles. The molecule has 0 aliphatic heterocycles. The number of aromatic nitrogens is 1. The lowest BCUT2D eigenvalue weighted by atomic mass is 10.2. The van der Waals surface area contributed by atoms with E-state index in [9.17, 15) is 4.79 Å². The van der Waals surface area contributed by atoms with Gasteiger partial charge in [-0.3, -0.25) is 4.98 Å². The molecule has 1 heterocycles. The van der Waals surface area contributed by atoms with Crippen LogP contribution >= 0.6 is 0 Å². The van der Waals surface area contributed by atoms with E-state index in [0.29, 0.717) is 0 Å². The number of carbonyl (C=O) groups is 1. The van der Waals surface area contributed by atoms with E-state index in [1.54, 1.807) is 6.07 Å². The van der Waals surface area contributed by atoms with Crippen LogP contribution in [0.25, 0.3) is 0 Å². The number of nitrogens with zero attached hydrogens (tertiary/aromatic N) is 1. The summed E-state index contributed by atoms with van der Waals surface area (Å²) in [6.07, 6.45) is 8.38. The summed E-state index contributed by atoms with van der Waals surface area (Å²) in [5.74, 6) is -0.942. The first-order chi connectivity index (χ1) is 7.22. The molecule has 3 heteroatoms. The molecule has 3 nitrogen and oxygen atoms in total. The van der Waals surface area contributed by atoms with Crippen LogP contribution in [0.1, 0.15) is 49.9 Å². The predicted octanol–water partition coefficient (Wildman–Crippen LogP) is 3.37. The predicted molar refractivity (Wildman–Crippen MR) is 61.0 cm³/mol. The van der Waals surface area contributed by atoms with Crippen LogP contribution in [0, 0.1) is 0 Å². The Balaban J connectivity index is 0.000000288. The summed E-state index contributed by atoms with van der Waals surface area (Å²) in [7, 11) is 0. The molecule has 84 valence electrons. The zero-order valence-electron chi connectivity index (χ0n) is 9.44. The number of pyridine rings is 1. The monoisotopic (exact) mass is 209 g/mol. The number of hydrogen-bond acceptors (Lipinski definition) is 2. The highest BCUT2D eigenvalue weighted by molar-refractivity contribution is 5.86. The topological polar surface area (TPSA) is 50.2 Å². The third kappa shape index (κ3) is 7.67. The normalized spacial score (nSPS) is 8.93. The molecule has 0 aromatic carbocycles. The van der Waals surface area contributed by atoms with Crippen LogP contribution in [0.15, 0.2) is 24.5 Å². The van der Waals surface area contributed by atoms with Crippen LogP contribution in [-0.4, -0.2) is 16.1 Å². The molecule has 0 radical (unpaired) electrons. The van der Waals surface area contributed by atoms with Gasteiger partial charge in [-0.05, 0) is 12.1 Å². The molecule has 1 N–H and O–H groups in total. The molecule has 1 rings (SSSR count). The first kappa shape index (κ1) is 13.6. The van der Waals surface area contributed by atoms with Gasteiger partial charge in [0.15, 0.2) is 0 Å². The van der Waals surface area contributed by atoms with Crippen molar-refractivity contribution in [2.75, 3.05) is 0 Å². The van der Waals surface area contributed by atoms with Crippen molar-refractivity contribution in [3.8, 4) is 0 Å². The van der Waals surface area contributed by atoms with E-state index >= 15 is 0 Å². The Kier molecular flexibility index (Phi) is 8.34. The number of unbranched alkanes of at least 4 members (excludes halogenated alkanes) is 3. The lowest BCUT2D eigenvalue weighted by Crippen LogP contribution is -1.94. The molecule has 15 heavy (non-hydrogen) atoms. The van der Waals surface area contributed by atoms with Gasteiger partial charge >= 0.3 is 5.97 Å². The van der Waals surface area contributed by atoms with E-state index < -0.39 is 5.97 Å². The SMILES string of the molecule is CCCCCC.O=C(O)c1cccnc1. The second-order valence-corrected chi connectivity index (χ2v) is 3.25. The standard InChI is InChI=1S/C6H5NO2.C6H14/c8-6(9)5-2-1-3-7-4-5;1-3-5-6-4-2/h1-4H,(H,8,9);3-6H2,1-2H3. The van der Waals surface area contributed by atoms with Crippen LogP contribution < -0.4 is 0 Å². The van der Waals surface area contributed by atoms with Crippen molar-refractivity contribution in [3.05, 3.63) is 30.1 Å². The van der Waals surface area contributed by atoms with Crippen molar-refractivity contribution in [2.45, 2.75) is 39.5 Å². The van der Waals surface area contributed by atoms with Gasteiger partial charge in [0.25, 0.3) is 0 Å². The van der Waals surface area contributed by atoms with E-state index in [-0.39, 0.29) is 5.56 Å². The molecule has 0 fully saturated rings. The molecular formula is C12H19NO2. The van der Waals surface area contributed by atoms with E-state index in [1.165, 1.54) is 44.1 Å². The smallest absolute Gasteiger partial charge is 0.337 e. The largest absolute Gasteiger partial charge is 0.478 e. The average molecular weight is 209 g/mol. The zero-order valence-corrected chi connectivity index (χ0v) is 9.44. The Bertz CT molecular complexity index is 256. The summed E-state index contributed by atoms with van der Waals surface area (Å²) < 4.78 is 0. The van der Waals surface area contributed by atoms with Crippen molar-refractivity contribution in [1.29, 1.82) is 0 Å². The van der Waals surface area contributed by atoms with Crippen molar-refractivity contribution in [3.63, 3.8) is 0 Å². The maximum absolute atomic E-state index is 10.2. The van der Waals surface area contributed by atoms with Crippen molar-refractivity contribution < 1.29 is 9.90 Å². The lowest BCUT2D eigenvalue weighted by Gasteiger charge is -1.87. The maximum Gasteiger partial charge on any atom is 0.337 e. The van der Waals surface area contributed by atoms with E-state index in [2.05, 4.69) is 18.8 Å². The first-order valence-electron chi connectivity index (χ1n) is 5.35. The highest BCUT2D eigenvalue weighted by Gasteiger charge is 1.97. The minimum atomic E-state index is -0.942. The molecule has 0 atom stereocenters. The minimum Gasteiger partial charge on any atom is -0.478 e. The molecule has 0 bridgehead atoms. The van der Waals surface area contributed by atoms with Gasteiger partial charge in [0, 0.05) is 12.4 Å². The van der Waals surface area contributed by atoms with Crippen LogP contribution in [0.5, 0.6) is 0 Å². The van der Waals surface area contributed by atoms with E-state index in [0.717, 1.165) is 0 Å². The van der Waals surface area contributed by atoms with Gasteiger partial charge in [-0.2, -0.15) is 0 Å². The fourth-order valence-electron chi connectivity index (χ4n) is 0.989. The Labute approximate surface area is 91.2 Å². The summed E-state index contributed by atoms with van der Waals surface area (Å²) in [5.41, 5.74) is 0.220. The molecule has 0 unspecified atom stereocenters. The van der Waals surface area contributed by atoms with Gasteiger partial charge in [0.05, 0.1) is 5.56 Å². The summed E-state index contributed by atoms with van der Waals surface area (Å²) in [4.78, 5) is 13.8. The van der Waals surface area contributed by atoms with Crippen LogP contribution in [-0.2, 0) is 0 Å². The summed E-state index contributed by atoms with van der Waals surface area (Å²) >= 11 is 0. The van der Waals surface area contributed by atoms with Gasteiger partial charge < -0.3 is 5.11 Å². The summed E-state index contributed by atoms with van der Waals surface area (Å²) in [6, 6.07) is 3.08. The molecule has 0 amide bonds. The summed E-state index contributed by atoms with van der Waals surface area (Å²) in [5, 5.41) is 8.34. The van der Waals surface area contributed by atoms with Crippen LogP contribution in [0.2, 0.25) is 0 Å². The van der Waals surface area contributed by atoms with Gasteiger partial charge in [-0.15, -0.1) is 0 Å². The fourth-order valence-corrected chi connectivity index (χ4v) is 0.989. The Hall–Kier alpha value is -1.38. The molecule has 0 aliphatic rings. The minimum absolute atomic E-state index is 0.220. The van der Waals surface area contributed by atoms with Gasteiger partial charge in [0.1, 0.15) is 0 Å². The van der Waals surface area contributed by atoms with Crippen molar-refractivity contribution in [2.24, 2.45) is 0 Å². The Morgan fingerprint density at radius 3 is 2.20 bits per heavy atom. The zero-order chi connectivity index (χ0) is 11.5. The maximum atomic E-state index is 10.2. The molecule has 0 spiro atoms. The molecule has 1 aromatic rings. The second kappa shape index (κ2) is 9.19. The fraction of sp³-hybridized carbons (Fsp3) is 0.500. The molecule has 0 saturated carbocycles. The number of rotatable bonds is 4. The van der Waals surface area contributed by atoms with Crippen molar-refractivity contribution >= 4 is 5.97 Å². The Morgan fingerprint density at radius 2 is 1.93 bits per heavy atom. The third-order valence-electron chi connectivity index (χ3n) is 1.87. The number of carboxylic acid groups (broad SMARTS) is 1. The molecule has 1 aromatic heterocycles. The molecular weight excluding hydrogens is 190 g/mol. The Morgan fingerprint density at radius 1 is 1.33 bits per heavy atom. The number of carboxylic acids is 1. The lowest BCUT2D eigenvalue weighted by molar-refractivity contribution is 0.0696. The molecule has 0 saturated heterocycles. The number of hydrogen-bond donors (Lipinski definition) is 1. The van der Waals surface area contributed by atoms with Crippen molar-refractivity contribution in [1.82, 2.24) is 4.98 Å². The van der Waals surface area contributed by atoms with Gasteiger partial charge in [-0.1, -0.05) is 39.5 Å². The van der Waals surface area contributed by atoms with Gasteiger partial charge in [0.2, 0.25) is 0 Å². The second-order valence-electron chi connectivity index (χ2n) is 3.25. The van der Waals surface area contributed by atoms with E-state index in [4.69, 9.17) is 5.11 Å². The van der Waals surface area contributed by atoms with Gasteiger partial charge in [-0.25, -0.2) is 4.79 Å². The average Bonchev–Trinajstić information content (AvgIpc) is 2.28. The number of aromatic carboxylic acids is 1. The first-order valence-corrected chi connectivity index (χ1v) is 5.35. The highest BCUT2D eigenvalue weighted by atomic mass is 16.4. The van der Waals surface area contributed by atoms with Crippen LogP contribution in [0.4, 0.5) is 0 Å². The van der Waals surface area contributed by atoms with Crippen LogP contribution in [0.3, 0.4) is 0 Å².